The second kappa shape index (κ2) is 36.8. The number of phosphoric acid groups is 1. The van der Waals surface area contributed by atoms with Crippen LogP contribution < -0.4 is 5.73 Å². The number of carbonyl (C=O) groups excluding carboxylic acids is 2. The molecule has 3 N–H and O–H groups in total. The Bertz CT molecular complexity index is 965. The highest BCUT2D eigenvalue weighted by atomic mass is 31.2. The number of unbranched alkanes of at least 4 members (excludes halogenated alkanes) is 15. The highest BCUT2D eigenvalue weighted by Crippen LogP contribution is 2.43. The minimum absolute atomic E-state index is 0.0470. The number of rotatable bonds is 36. The van der Waals surface area contributed by atoms with Crippen LogP contribution in [0.5, 0.6) is 0 Å². The van der Waals surface area contributed by atoms with Crippen molar-refractivity contribution in [1.29, 1.82) is 0 Å². The molecule has 0 radical (unpaired) electrons. The zero-order chi connectivity index (χ0) is 36.8. The lowest BCUT2D eigenvalue weighted by Gasteiger charge is -2.19. The van der Waals surface area contributed by atoms with E-state index in [1.807, 2.05) is 0 Å². The lowest BCUT2D eigenvalue weighted by Crippen LogP contribution is -2.29. The molecule has 10 heteroatoms. The van der Waals surface area contributed by atoms with Crippen molar-refractivity contribution in [3.05, 3.63) is 48.6 Å². The van der Waals surface area contributed by atoms with E-state index in [0.29, 0.717) is 12.8 Å². The Hall–Kier alpha value is -2.03. The fraction of sp³-hybridized carbons (Fsp3) is 0.750. The number of carbonyl (C=O) groups is 2. The van der Waals surface area contributed by atoms with E-state index in [0.717, 1.165) is 57.8 Å². The summed E-state index contributed by atoms with van der Waals surface area (Å²) in [7, 11) is -4.38. The van der Waals surface area contributed by atoms with Gasteiger partial charge in [0.1, 0.15) is 6.61 Å². The molecule has 0 aliphatic carbocycles. The third-order valence-electron chi connectivity index (χ3n) is 7.98. The number of hydrogen-bond acceptors (Lipinski definition) is 8. The van der Waals surface area contributed by atoms with Crippen LogP contribution in [0, 0.1) is 0 Å². The van der Waals surface area contributed by atoms with E-state index in [1.54, 1.807) is 0 Å². The lowest BCUT2D eigenvalue weighted by atomic mass is 10.0. The normalized spacial score (nSPS) is 13.9. The fourth-order valence-corrected chi connectivity index (χ4v) is 5.86. The molecule has 290 valence electrons. The van der Waals surface area contributed by atoms with Crippen molar-refractivity contribution >= 4 is 19.8 Å². The Morgan fingerprint density at radius 3 is 1.64 bits per heavy atom. The van der Waals surface area contributed by atoms with Crippen molar-refractivity contribution in [3.8, 4) is 0 Å². The maximum absolute atomic E-state index is 12.5. The summed E-state index contributed by atoms with van der Waals surface area (Å²) in [5, 5.41) is 0. The topological polar surface area (TPSA) is 134 Å². The Morgan fingerprint density at radius 1 is 0.620 bits per heavy atom. The van der Waals surface area contributed by atoms with Gasteiger partial charge < -0.3 is 20.1 Å². The SMILES string of the molecule is CC/C=C/C/C=C/C/C=C/C/C=C/CCCCC(=O)OC[C@H](COP(=O)(O)OCCN)OC(=O)CCCCCCCCCCCCCCCC. The zero-order valence-electron chi connectivity index (χ0n) is 31.6. The molecule has 0 saturated heterocycles. The van der Waals surface area contributed by atoms with Crippen LogP contribution in [0.3, 0.4) is 0 Å². The van der Waals surface area contributed by atoms with Crippen molar-refractivity contribution in [2.75, 3.05) is 26.4 Å². The zero-order valence-corrected chi connectivity index (χ0v) is 32.5. The van der Waals surface area contributed by atoms with E-state index in [9.17, 15) is 19.0 Å². The second-order valence-corrected chi connectivity index (χ2v) is 14.2. The molecule has 0 fully saturated rings. The molecular weight excluding hydrogens is 653 g/mol. The van der Waals surface area contributed by atoms with E-state index < -0.39 is 32.5 Å². The average Bonchev–Trinajstić information content (AvgIpc) is 3.10. The summed E-state index contributed by atoms with van der Waals surface area (Å²) in [5.41, 5.74) is 5.33. The van der Waals surface area contributed by atoms with Gasteiger partial charge in [-0.15, -0.1) is 0 Å². The second-order valence-electron chi connectivity index (χ2n) is 12.8. The van der Waals surface area contributed by atoms with E-state index in [1.165, 1.54) is 64.2 Å². The number of esters is 2. The first kappa shape index (κ1) is 48.0. The van der Waals surface area contributed by atoms with Crippen LogP contribution in [0.25, 0.3) is 0 Å². The summed E-state index contributed by atoms with van der Waals surface area (Å²) in [6, 6.07) is 0. The minimum atomic E-state index is -4.38. The van der Waals surface area contributed by atoms with Crippen LogP contribution in [-0.4, -0.2) is 49.3 Å². The third kappa shape index (κ3) is 35.8. The lowest BCUT2D eigenvalue weighted by molar-refractivity contribution is -0.161. The molecule has 0 rings (SSSR count). The Labute approximate surface area is 305 Å². The first-order valence-corrected chi connectivity index (χ1v) is 21.1. The predicted octanol–water partition coefficient (Wildman–Crippen LogP) is 10.8. The van der Waals surface area contributed by atoms with Gasteiger partial charge >= 0.3 is 19.8 Å². The van der Waals surface area contributed by atoms with Gasteiger partial charge in [-0.2, -0.15) is 0 Å². The average molecular weight is 726 g/mol. The summed E-state index contributed by atoms with van der Waals surface area (Å²) in [6.07, 6.45) is 40.0. The van der Waals surface area contributed by atoms with Crippen LogP contribution in [0.2, 0.25) is 0 Å². The molecule has 50 heavy (non-hydrogen) atoms. The first-order valence-electron chi connectivity index (χ1n) is 19.6. The van der Waals surface area contributed by atoms with Gasteiger partial charge in [0.25, 0.3) is 0 Å². The van der Waals surface area contributed by atoms with Gasteiger partial charge in [-0.1, -0.05) is 146 Å². The Balaban J connectivity index is 4.28. The molecule has 0 aromatic rings. The summed E-state index contributed by atoms with van der Waals surface area (Å²) in [6.45, 7) is 3.56. The maximum Gasteiger partial charge on any atom is 0.472 e. The van der Waals surface area contributed by atoms with E-state index in [-0.39, 0.29) is 32.6 Å². The van der Waals surface area contributed by atoms with Crippen molar-refractivity contribution in [3.63, 3.8) is 0 Å². The Kier molecular flexibility index (Phi) is 35.3. The molecule has 0 spiro atoms. The van der Waals surface area contributed by atoms with Crippen molar-refractivity contribution in [1.82, 2.24) is 0 Å². The van der Waals surface area contributed by atoms with Gasteiger partial charge in [0, 0.05) is 19.4 Å². The smallest absolute Gasteiger partial charge is 0.462 e. The van der Waals surface area contributed by atoms with Crippen molar-refractivity contribution < 1.29 is 37.6 Å². The number of ether oxygens (including phenoxy) is 2. The van der Waals surface area contributed by atoms with Gasteiger partial charge in [-0.25, -0.2) is 4.57 Å². The van der Waals surface area contributed by atoms with Crippen molar-refractivity contribution in [2.45, 2.75) is 168 Å². The van der Waals surface area contributed by atoms with E-state index >= 15 is 0 Å². The first-order chi connectivity index (χ1) is 24.3. The molecule has 0 bridgehead atoms. The number of hydrogen-bond donors (Lipinski definition) is 2. The molecule has 0 aromatic carbocycles. The van der Waals surface area contributed by atoms with Gasteiger partial charge in [0.15, 0.2) is 6.10 Å². The minimum Gasteiger partial charge on any atom is -0.462 e. The summed E-state index contributed by atoms with van der Waals surface area (Å²) < 4.78 is 32.6. The molecule has 0 aliphatic heterocycles. The molecule has 0 saturated carbocycles. The molecule has 0 heterocycles. The largest absolute Gasteiger partial charge is 0.472 e. The molecule has 0 amide bonds. The molecular formula is C40H72NO8P. The quantitative estimate of drug-likeness (QED) is 0.0280. The summed E-state index contributed by atoms with van der Waals surface area (Å²) in [4.78, 5) is 34.7. The van der Waals surface area contributed by atoms with Crippen LogP contribution in [0.1, 0.15) is 162 Å². The molecule has 2 atom stereocenters. The third-order valence-corrected chi connectivity index (χ3v) is 8.96. The molecule has 1 unspecified atom stereocenters. The van der Waals surface area contributed by atoms with Crippen LogP contribution in [-0.2, 0) is 32.7 Å². The maximum atomic E-state index is 12.5. The van der Waals surface area contributed by atoms with Gasteiger partial charge in [-0.05, 0) is 51.4 Å². The van der Waals surface area contributed by atoms with Gasteiger partial charge in [0.2, 0.25) is 0 Å². The summed E-state index contributed by atoms with van der Waals surface area (Å²) >= 11 is 0. The van der Waals surface area contributed by atoms with Crippen LogP contribution in [0.15, 0.2) is 48.6 Å². The fourth-order valence-electron chi connectivity index (χ4n) is 5.09. The number of allylic oxidation sites excluding steroid dienone is 8. The predicted molar refractivity (Wildman–Crippen MR) is 206 cm³/mol. The van der Waals surface area contributed by atoms with Gasteiger partial charge in [-0.3, -0.25) is 18.6 Å². The molecule has 0 aliphatic rings. The monoisotopic (exact) mass is 725 g/mol. The highest BCUT2D eigenvalue weighted by molar-refractivity contribution is 7.47. The molecule has 9 nitrogen and oxygen atoms in total. The standard InChI is InChI=1S/C40H72NO8P/c1-3-5-7-9-11-13-15-17-19-21-22-24-26-28-30-32-39(42)46-36-38(37-48-50(44,45)47-35-34-41)49-40(43)33-31-29-27-25-23-20-18-16-14-12-10-8-6-4-2/h5,7,11,13,17,19,22,24,38H,3-4,6,8-10,12,14-16,18,20-21,23,25-37,41H2,1-2H3,(H,44,45)/b7-5+,13-11+,19-17+,24-22+/t38-/m1/s1. The summed E-state index contributed by atoms with van der Waals surface area (Å²) in [5.74, 6) is -0.878. The van der Waals surface area contributed by atoms with Crippen LogP contribution in [0.4, 0.5) is 0 Å². The highest BCUT2D eigenvalue weighted by Gasteiger charge is 2.25. The number of nitrogens with two attached hydrogens (primary N) is 1. The molecule has 0 aromatic heterocycles. The Morgan fingerprint density at radius 2 is 1.10 bits per heavy atom. The van der Waals surface area contributed by atoms with E-state index in [4.69, 9.17) is 24.3 Å². The van der Waals surface area contributed by atoms with E-state index in [2.05, 4.69) is 62.5 Å². The van der Waals surface area contributed by atoms with Gasteiger partial charge in [0.05, 0.1) is 13.2 Å². The van der Waals surface area contributed by atoms with Crippen LogP contribution >= 0.6 is 7.82 Å². The number of phosphoric ester groups is 1. The van der Waals surface area contributed by atoms with Crippen molar-refractivity contribution in [2.24, 2.45) is 5.73 Å².